The molecule has 2 nitrogen and oxygen atoms in total. The normalized spacial score (nSPS) is 23.5. The molecule has 1 aliphatic heterocycles. The first-order valence-electron chi connectivity index (χ1n) is 8.80. The van der Waals surface area contributed by atoms with Gasteiger partial charge in [-0.15, -0.1) is 0 Å². The molecular weight excluding hydrogens is 256 g/mol. The number of hydrogen-bond acceptors (Lipinski definition) is 2. The van der Waals surface area contributed by atoms with Crippen LogP contribution in [0.15, 0.2) is 24.3 Å². The summed E-state index contributed by atoms with van der Waals surface area (Å²) in [5.74, 6) is 0.744. The Kier molecular flexibility index (Phi) is 4.97. The van der Waals surface area contributed by atoms with E-state index in [-0.39, 0.29) is 0 Å². The highest BCUT2D eigenvalue weighted by molar-refractivity contribution is 5.31. The highest BCUT2D eigenvalue weighted by Crippen LogP contribution is 2.35. The average molecular weight is 286 g/mol. The van der Waals surface area contributed by atoms with Crippen LogP contribution in [0.2, 0.25) is 0 Å². The van der Waals surface area contributed by atoms with E-state index in [9.17, 15) is 0 Å². The molecule has 116 valence electrons. The van der Waals surface area contributed by atoms with Gasteiger partial charge in [0.05, 0.1) is 0 Å². The van der Waals surface area contributed by atoms with E-state index in [1.807, 2.05) is 0 Å². The lowest BCUT2D eigenvalue weighted by Crippen LogP contribution is -2.40. The van der Waals surface area contributed by atoms with Crippen LogP contribution in [-0.4, -0.2) is 24.0 Å². The van der Waals surface area contributed by atoms with E-state index < -0.39 is 0 Å². The number of hydrogen-bond donors (Lipinski definition) is 1. The lowest BCUT2D eigenvalue weighted by atomic mass is 9.95. The minimum Gasteiger partial charge on any atom is -0.313 e. The second-order valence-electron chi connectivity index (χ2n) is 7.21. The van der Waals surface area contributed by atoms with Crippen LogP contribution in [0.4, 0.5) is 0 Å². The third-order valence-corrected chi connectivity index (χ3v) is 5.09. The first-order valence-corrected chi connectivity index (χ1v) is 8.80. The molecule has 3 rings (SSSR count). The Bertz CT molecular complexity index is 449. The Labute approximate surface area is 129 Å². The molecule has 2 heteroatoms. The Morgan fingerprint density at radius 3 is 2.67 bits per heavy atom. The topological polar surface area (TPSA) is 15.3 Å². The molecule has 21 heavy (non-hydrogen) atoms. The van der Waals surface area contributed by atoms with E-state index in [4.69, 9.17) is 0 Å². The number of benzene rings is 1. The van der Waals surface area contributed by atoms with Crippen molar-refractivity contribution in [3.63, 3.8) is 0 Å². The lowest BCUT2D eigenvalue weighted by molar-refractivity contribution is 0.112. The average Bonchev–Trinajstić information content (AvgIpc) is 2.92. The van der Waals surface area contributed by atoms with Crippen LogP contribution in [0.5, 0.6) is 0 Å². The van der Waals surface area contributed by atoms with Gasteiger partial charge in [0.1, 0.15) is 0 Å². The van der Waals surface area contributed by atoms with Crippen LogP contribution in [-0.2, 0) is 6.54 Å². The van der Waals surface area contributed by atoms with Gasteiger partial charge in [-0.05, 0) is 42.9 Å². The van der Waals surface area contributed by atoms with E-state index >= 15 is 0 Å². The third-order valence-electron chi connectivity index (χ3n) is 5.09. The quantitative estimate of drug-likeness (QED) is 0.895. The van der Waals surface area contributed by atoms with Gasteiger partial charge in [-0.1, -0.05) is 51.0 Å². The van der Waals surface area contributed by atoms with Crippen molar-refractivity contribution in [2.45, 2.75) is 64.6 Å². The van der Waals surface area contributed by atoms with Crippen LogP contribution in [0.3, 0.4) is 0 Å². The molecule has 1 aliphatic carbocycles. The second kappa shape index (κ2) is 6.93. The zero-order valence-corrected chi connectivity index (χ0v) is 13.6. The summed E-state index contributed by atoms with van der Waals surface area (Å²) in [7, 11) is 0. The van der Waals surface area contributed by atoms with Gasteiger partial charge in [0, 0.05) is 25.2 Å². The maximum Gasteiger partial charge on any atom is 0.0366 e. The number of nitrogens with one attached hydrogen (secondary N) is 1. The van der Waals surface area contributed by atoms with Crippen molar-refractivity contribution in [3.8, 4) is 0 Å². The SMILES string of the molecule is CC(C)CN(C1CCCC1)C1CCNCc2ccccc21. The van der Waals surface area contributed by atoms with Crippen molar-refractivity contribution in [1.82, 2.24) is 10.2 Å². The van der Waals surface area contributed by atoms with Crippen molar-refractivity contribution in [1.29, 1.82) is 0 Å². The van der Waals surface area contributed by atoms with Crippen molar-refractivity contribution >= 4 is 0 Å². The van der Waals surface area contributed by atoms with Gasteiger partial charge in [0.15, 0.2) is 0 Å². The van der Waals surface area contributed by atoms with Crippen LogP contribution in [0.25, 0.3) is 0 Å². The Morgan fingerprint density at radius 2 is 1.90 bits per heavy atom. The van der Waals surface area contributed by atoms with Gasteiger partial charge in [0.2, 0.25) is 0 Å². The molecule has 0 radical (unpaired) electrons. The summed E-state index contributed by atoms with van der Waals surface area (Å²) in [4.78, 5) is 2.85. The smallest absolute Gasteiger partial charge is 0.0366 e. The van der Waals surface area contributed by atoms with Crippen LogP contribution < -0.4 is 5.32 Å². The summed E-state index contributed by atoms with van der Waals surface area (Å²) in [5.41, 5.74) is 3.09. The predicted molar refractivity (Wildman–Crippen MR) is 89.3 cm³/mol. The number of fused-ring (bicyclic) bond motifs is 1. The van der Waals surface area contributed by atoms with Crippen LogP contribution in [0.1, 0.15) is 63.1 Å². The Balaban J connectivity index is 1.90. The molecule has 1 aromatic rings. The maximum atomic E-state index is 3.61. The fourth-order valence-electron chi connectivity index (χ4n) is 4.17. The third kappa shape index (κ3) is 3.49. The molecule has 1 fully saturated rings. The van der Waals surface area contributed by atoms with E-state index in [1.165, 1.54) is 44.2 Å². The second-order valence-corrected chi connectivity index (χ2v) is 7.21. The van der Waals surface area contributed by atoms with Gasteiger partial charge in [-0.2, -0.15) is 0 Å². The summed E-state index contributed by atoms with van der Waals surface area (Å²) in [6.45, 7) is 8.14. The van der Waals surface area contributed by atoms with E-state index in [0.717, 1.165) is 25.0 Å². The van der Waals surface area contributed by atoms with Gasteiger partial charge in [-0.25, -0.2) is 0 Å². The molecule has 1 aromatic carbocycles. The minimum atomic E-state index is 0.613. The molecule has 1 unspecified atom stereocenters. The predicted octanol–water partition coefficient (Wildman–Crippen LogP) is 4.12. The first kappa shape index (κ1) is 15.1. The molecule has 0 saturated heterocycles. The summed E-state index contributed by atoms with van der Waals surface area (Å²) in [6, 6.07) is 10.5. The monoisotopic (exact) mass is 286 g/mol. The van der Waals surface area contributed by atoms with E-state index in [1.54, 1.807) is 5.56 Å². The van der Waals surface area contributed by atoms with Gasteiger partial charge < -0.3 is 5.32 Å². The molecule has 2 aliphatic rings. The van der Waals surface area contributed by atoms with Crippen LogP contribution >= 0.6 is 0 Å². The molecule has 1 atom stereocenters. The largest absolute Gasteiger partial charge is 0.313 e. The van der Waals surface area contributed by atoms with Gasteiger partial charge in [0.25, 0.3) is 0 Å². The van der Waals surface area contributed by atoms with Crippen LogP contribution in [0, 0.1) is 5.92 Å². The highest BCUT2D eigenvalue weighted by Gasteiger charge is 2.31. The highest BCUT2D eigenvalue weighted by atomic mass is 15.2. The van der Waals surface area contributed by atoms with E-state index in [2.05, 4.69) is 48.3 Å². The summed E-state index contributed by atoms with van der Waals surface area (Å²) in [5, 5.41) is 3.61. The molecule has 0 spiro atoms. The fourth-order valence-corrected chi connectivity index (χ4v) is 4.17. The molecule has 0 bridgehead atoms. The molecule has 1 N–H and O–H groups in total. The molecule has 1 saturated carbocycles. The molecular formula is C19H30N2. The molecule has 0 amide bonds. The van der Waals surface area contributed by atoms with Crippen molar-refractivity contribution in [3.05, 3.63) is 35.4 Å². The van der Waals surface area contributed by atoms with Gasteiger partial charge in [-0.3, -0.25) is 4.90 Å². The lowest BCUT2D eigenvalue weighted by Gasteiger charge is -2.38. The summed E-state index contributed by atoms with van der Waals surface area (Å²) < 4.78 is 0. The van der Waals surface area contributed by atoms with E-state index in [0.29, 0.717) is 6.04 Å². The minimum absolute atomic E-state index is 0.613. The zero-order valence-electron chi connectivity index (χ0n) is 13.6. The number of rotatable bonds is 4. The summed E-state index contributed by atoms with van der Waals surface area (Å²) >= 11 is 0. The molecule has 0 aromatic heterocycles. The number of nitrogens with zero attached hydrogens (tertiary/aromatic N) is 1. The fraction of sp³-hybridized carbons (Fsp3) is 0.684. The standard InChI is InChI=1S/C19H30N2/c1-15(2)14-21(17-8-4-5-9-17)19-11-12-20-13-16-7-3-6-10-18(16)19/h3,6-7,10,15,17,19-20H,4-5,8-9,11-14H2,1-2H3. The Morgan fingerprint density at radius 1 is 1.14 bits per heavy atom. The van der Waals surface area contributed by atoms with Crippen molar-refractivity contribution < 1.29 is 0 Å². The first-order chi connectivity index (χ1) is 10.3. The zero-order chi connectivity index (χ0) is 14.7. The van der Waals surface area contributed by atoms with Gasteiger partial charge >= 0.3 is 0 Å². The molecule has 1 heterocycles. The van der Waals surface area contributed by atoms with Crippen molar-refractivity contribution in [2.24, 2.45) is 5.92 Å². The summed E-state index contributed by atoms with van der Waals surface area (Å²) in [6.07, 6.45) is 6.90. The maximum absolute atomic E-state index is 3.61. The Hall–Kier alpha value is -0.860. The van der Waals surface area contributed by atoms with Crippen molar-refractivity contribution in [2.75, 3.05) is 13.1 Å².